The van der Waals surface area contributed by atoms with Gasteiger partial charge in [0.1, 0.15) is 11.8 Å². The molecule has 0 aliphatic carbocycles. The van der Waals surface area contributed by atoms with Crippen LogP contribution in [0, 0.1) is 21.4 Å². The third-order valence-corrected chi connectivity index (χ3v) is 2.12. The molecule has 0 saturated heterocycles. The summed E-state index contributed by atoms with van der Waals surface area (Å²) in [6, 6.07) is 3.91. The second kappa shape index (κ2) is 5.63. The summed E-state index contributed by atoms with van der Waals surface area (Å²) in [6.45, 7) is 1.77. The van der Waals surface area contributed by atoms with Crippen LogP contribution in [0.25, 0.3) is 0 Å². The number of nitro groups is 1. The van der Waals surface area contributed by atoms with E-state index in [0.717, 1.165) is 6.07 Å². The van der Waals surface area contributed by atoms with Crippen LogP contribution in [0.15, 0.2) is 12.1 Å². The fourth-order valence-corrected chi connectivity index (χ4v) is 1.35. The fraction of sp³-hybridized carbons (Fsp3) is 0.273. The Morgan fingerprint density at radius 3 is 2.67 bits per heavy atom. The molecule has 0 N–H and O–H groups in total. The second-order valence-electron chi connectivity index (χ2n) is 3.16. The van der Waals surface area contributed by atoms with Crippen molar-refractivity contribution in [3.8, 4) is 11.8 Å². The van der Waals surface area contributed by atoms with Crippen molar-refractivity contribution in [3.05, 3.63) is 33.4 Å². The molecular weight excluding hydrogens is 240 g/mol. The molecule has 0 amide bonds. The van der Waals surface area contributed by atoms with E-state index in [1.54, 1.807) is 13.0 Å². The van der Waals surface area contributed by atoms with Gasteiger partial charge in [-0.2, -0.15) is 5.26 Å². The van der Waals surface area contributed by atoms with Gasteiger partial charge >= 0.3 is 5.97 Å². The van der Waals surface area contributed by atoms with Crippen molar-refractivity contribution >= 4 is 11.7 Å². The van der Waals surface area contributed by atoms with Crippen molar-refractivity contribution in [2.45, 2.75) is 6.92 Å². The standard InChI is InChI=1S/C11H10N2O5/c1-3-18-11(14)7-4-9(13(15)16)8(6-12)10(5-7)17-2/h4-5H,3H2,1-2H3. The minimum atomic E-state index is -0.746. The van der Waals surface area contributed by atoms with Crippen LogP contribution in [0.2, 0.25) is 0 Å². The van der Waals surface area contributed by atoms with Gasteiger partial charge in [-0.1, -0.05) is 0 Å². The molecule has 94 valence electrons. The number of nitro benzene ring substituents is 1. The summed E-state index contributed by atoms with van der Waals surface area (Å²) in [7, 11) is 1.26. The summed E-state index contributed by atoms with van der Waals surface area (Å²) in [6.07, 6.45) is 0. The van der Waals surface area contributed by atoms with Gasteiger partial charge < -0.3 is 9.47 Å². The number of carbonyl (C=O) groups excluding carboxylic acids is 1. The van der Waals surface area contributed by atoms with E-state index in [0.29, 0.717) is 0 Å². The molecule has 0 aromatic heterocycles. The molecule has 7 heteroatoms. The third kappa shape index (κ3) is 2.55. The Balaban J connectivity index is 3.42. The first-order valence-electron chi connectivity index (χ1n) is 4.98. The number of hydrogen-bond donors (Lipinski definition) is 0. The zero-order chi connectivity index (χ0) is 13.7. The van der Waals surface area contributed by atoms with Crippen molar-refractivity contribution in [3.63, 3.8) is 0 Å². The molecule has 0 radical (unpaired) electrons. The lowest BCUT2D eigenvalue weighted by molar-refractivity contribution is -0.385. The molecule has 1 aromatic carbocycles. The van der Waals surface area contributed by atoms with E-state index < -0.39 is 16.6 Å². The molecule has 0 saturated carbocycles. The molecule has 1 rings (SSSR count). The van der Waals surface area contributed by atoms with Gasteiger partial charge in [0.05, 0.1) is 24.2 Å². The molecule has 0 spiro atoms. The molecule has 0 aliphatic heterocycles. The maximum atomic E-state index is 11.5. The van der Waals surface area contributed by atoms with Crippen LogP contribution in [0.3, 0.4) is 0 Å². The van der Waals surface area contributed by atoms with Crippen LogP contribution >= 0.6 is 0 Å². The zero-order valence-electron chi connectivity index (χ0n) is 9.80. The number of rotatable bonds is 4. The Hall–Kier alpha value is -2.62. The SMILES string of the molecule is CCOC(=O)c1cc(OC)c(C#N)c([N+](=O)[O-])c1. The summed E-state index contributed by atoms with van der Waals surface area (Å²) in [5.41, 5.74) is -0.741. The smallest absolute Gasteiger partial charge is 0.338 e. The molecule has 0 heterocycles. The van der Waals surface area contributed by atoms with Crippen molar-refractivity contribution in [2.75, 3.05) is 13.7 Å². The lowest BCUT2D eigenvalue weighted by atomic mass is 10.1. The van der Waals surface area contributed by atoms with E-state index in [2.05, 4.69) is 0 Å². The van der Waals surface area contributed by atoms with Crippen molar-refractivity contribution in [2.24, 2.45) is 0 Å². The van der Waals surface area contributed by atoms with E-state index >= 15 is 0 Å². The average Bonchev–Trinajstić information content (AvgIpc) is 2.37. The third-order valence-electron chi connectivity index (χ3n) is 2.12. The Morgan fingerprint density at radius 2 is 2.22 bits per heavy atom. The Kier molecular flexibility index (Phi) is 4.21. The predicted molar refractivity (Wildman–Crippen MR) is 60.3 cm³/mol. The van der Waals surface area contributed by atoms with Gasteiger partial charge in [0.25, 0.3) is 5.69 Å². The number of nitriles is 1. The molecule has 0 fully saturated rings. The molecule has 0 unspecified atom stereocenters. The van der Waals surface area contributed by atoms with Gasteiger partial charge in [0.15, 0.2) is 5.56 Å². The second-order valence-corrected chi connectivity index (χ2v) is 3.16. The summed E-state index contributed by atoms with van der Waals surface area (Å²) in [5, 5.41) is 19.7. The summed E-state index contributed by atoms with van der Waals surface area (Å²) in [4.78, 5) is 21.6. The van der Waals surface area contributed by atoms with E-state index in [1.165, 1.54) is 13.2 Å². The number of nitrogens with zero attached hydrogens (tertiary/aromatic N) is 2. The van der Waals surface area contributed by atoms with Gasteiger partial charge in [-0.3, -0.25) is 10.1 Å². The average molecular weight is 250 g/mol. The minimum absolute atomic E-state index is 0.0283. The number of hydrogen-bond acceptors (Lipinski definition) is 6. The van der Waals surface area contributed by atoms with Gasteiger partial charge in [0, 0.05) is 6.07 Å². The molecule has 18 heavy (non-hydrogen) atoms. The number of ether oxygens (including phenoxy) is 2. The first-order valence-corrected chi connectivity index (χ1v) is 4.98. The highest BCUT2D eigenvalue weighted by atomic mass is 16.6. The van der Waals surface area contributed by atoms with E-state index in [1.807, 2.05) is 0 Å². The number of methoxy groups -OCH3 is 1. The first kappa shape index (κ1) is 13.4. The van der Waals surface area contributed by atoms with Crippen molar-refractivity contribution in [1.82, 2.24) is 0 Å². The van der Waals surface area contributed by atoms with E-state index in [9.17, 15) is 14.9 Å². The van der Waals surface area contributed by atoms with Crippen LogP contribution in [-0.4, -0.2) is 24.6 Å². The molecule has 7 nitrogen and oxygen atoms in total. The van der Waals surface area contributed by atoms with Crippen molar-refractivity contribution < 1.29 is 19.2 Å². The van der Waals surface area contributed by atoms with Gasteiger partial charge in [-0.05, 0) is 13.0 Å². The monoisotopic (exact) mass is 250 g/mol. The topological polar surface area (TPSA) is 102 Å². The maximum Gasteiger partial charge on any atom is 0.338 e. The van der Waals surface area contributed by atoms with Crippen LogP contribution in [0.1, 0.15) is 22.8 Å². The highest BCUT2D eigenvalue weighted by molar-refractivity contribution is 5.91. The van der Waals surface area contributed by atoms with Crippen LogP contribution < -0.4 is 4.74 Å². The number of benzene rings is 1. The number of carbonyl (C=O) groups is 1. The Morgan fingerprint density at radius 1 is 1.56 bits per heavy atom. The van der Waals surface area contributed by atoms with Crippen LogP contribution in [0.5, 0.6) is 5.75 Å². The minimum Gasteiger partial charge on any atom is -0.495 e. The largest absolute Gasteiger partial charge is 0.495 e. The normalized spacial score (nSPS) is 9.39. The fourth-order valence-electron chi connectivity index (χ4n) is 1.35. The first-order chi connectivity index (χ1) is 8.54. The number of esters is 1. The van der Waals surface area contributed by atoms with Crippen LogP contribution in [0.4, 0.5) is 5.69 Å². The van der Waals surface area contributed by atoms with E-state index in [-0.39, 0.29) is 23.5 Å². The quantitative estimate of drug-likeness (QED) is 0.457. The van der Waals surface area contributed by atoms with Gasteiger partial charge in [0.2, 0.25) is 0 Å². The highest BCUT2D eigenvalue weighted by Gasteiger charge is 2.23. The highest BCUT2D eigenvalue weighted by Crippen LogP contribution is 2.29. The molecule has 0 atom stereocenters. The zero-order valence-corrected chi connectivity index (χ0v) is 9.80. The van der Waals surface area contributed by atoms with Gasteiger partial charge in [-0.15, -0.1) is 0 Å². The molecular formula is C11H10N2O5. The van der Waals surface area contributed by atoms with Crippen LogP contribution in [-0.2, 0) is 4.74 Å². The predicted octanol–water partition coefficient (Wildman–Crippen LogP) is 1.65. The lowest BCUT2D eigenvalue weighted by Gasteiger charge is -2.06. The summed E-state index contributed by atoms with van der Waals surface area (Å²) >= 11 is 0. The van der Waals surface area contributed by atoms with E-state index in [4.69, 9.17) is 14.7 Å². The Bertz CT molecular complexity index is 533. The molecule has 0 aliphatic rings. The Labute approximate surface area is 103 Å². The van der Waals surface area contributed by atoms with Crippen molar-refractivity contribution in [1.29, 1.82) is 5.26 Å². The maximum absolute atomic E-state index is 11.5. The lowest BCUT2D eigenvalue weighted by Crippen LogP contribution is -2.07. The summed E-state index contributed by atoms with van der Waals surface area (Å²) in [5.74, 6) is -0.738. The molecule has 1 aromatic rings. The van der Waals surface area contributed by atoms with Gasteiger partial charge in [-0.25, -0.2) is 4.79 Å². The summed E-state index contributed by atoms with van der Waals surface area (Å²) < 4.78 is 9.60. The molecule has 0 bridgehead atoms.